The zero-order valence-electron chi connectivity index (χ0n) is 12.6. The molecule has 2 amide bonds. The lowest BCUT2D eigenvalue weighted by Crippen LogP contribution is -2.23. The molecular formula is C16H23N3O2. The third-order valence-corrected chi connectivity index (χ3v) is 4.03. The fourth-order valence-corrected chi connectivity index (χ4v) is 2.63. The van der Waals surface area contributed by atoms with E-state index in [-0.39, 0.29) is 23.8 Å². The second-order valence-electron chi connectivity index (χ2n) is 5.64. The smallest absolute Gasteiger partial charge is 0.227 e. The number of hydrogen-bond acceptors (Lipinski definition) is 3. The summed E-state index contributed by atoms with van der Waals surface area (Å²) in [7, 11) is 0. The molecule has 0 saturated heterocycles. The van der Waals surface area contributed by atoms with E-state index < -0.39 is 0 Å². The first-order valence-electron chi connectivity index (χ1n) is 7.47. The van der Waals surface area contributed by atoms with Gasteiger partial charge in [-0.2, -0.15) is 0 Å². The van der Waals surface area contributed by atoms with E-state index in [1.165, 1.54) is 0 Å². The molecule has 0 heterocycles. The summed E-state index contributed by atoms with van der Waals surface area (Å²) in [6, 6.07) is 5.65. The molecule has 0 aromatic heterocycles. The Labute approximate surface area is 125 Å². The molecule has 1 fully saturated rings. The summed E-state index contributed by atoms with van der Waals surface area (Å²) in [4.78, 5) is 23.7. The monoisotopic (exact) mass is 289 g/mol. The Morgan fingerprint density at radius 1 is 1.24 bits per heavy atom. The summed E-state index contributed by atoms with van der Waals surface area (Å²) in [5.74, 6) is -0.0262. The molecule has 1 aliphatic carbocycles. The summed E-state index contributed by atoms with van der Waals surface area (Å²) in [5.41, 5.74) is 8.21. The number of carbonyl (C=O) groups excluding carboxylic acids is 2. The first-order valence-corrected chi connectivity index (χ1v) is 7.47. The fourth-order valence-electron chi connectivity index (χ4n) is 2.63. The Balaban J connectivity index is 2.08. The zero-order valence-corrected chi connectivity index (χ0v) is 12.6. The molecule has 1 aliphatic rings. The first-order chi connectivity index (χ1) is 10.0. The summed E-state index contributed by atoms with van der Waals surface area (Å²) in [5, 5.41) is 5.80. The van der Waals surface area contributed by atoms with E-state index >= 15 is 0 Å². The van der Waals surface area contributed by atoms with E-state index in [0.29, 0.717) is 6.42 Å². The van der Waals surface area contributed by atoms with Gasteiger partial charge >= 0.3 is 0 Å². The molecule has 2 rings (SSSR count). The van der Waals surface area contributed by atoms with E-state index in [9.17, 15) is 9.59 Å². The lowest BCUT2D eigenvalue weighted by Gasteiger charge is -2.15. The molecule has 1 saturated carbocycles. The predicted molar refractivity (Wildman–Crippen MR) is 84.0 cm³/mol. The van der Waals surface area contributed by atoms with Gasteiger partial charge in [0.15, 0.2) is 0 Å². The largest absolute Gasteiger partial charge is 0.328 e. The zero-order chi connectivity index (χ0) is 15.4. The fraction of sp³-hybridized carbons (Fsp3) is 0.500. The second kappa shape index (κ2) is 6.72. The lowest BCUT2D eigenvalue weighted by molar-refractivity contribution is -0.119. The van der Waals surface area contributed by atoms with Gasteiger partial charge in [-0.15, -0.1) is 0 Å². The molecule has 5 heteroatoms. The number of hydrogen-bond donors (Lipinski definition) is 3. The molecule has 2 unspecified atom stereocenters. The van der Waals surface area contributed by atoms with Crippen LogP contribution in [0.2, 0.25) is 0 Å². The summed E-state index contributed by atoms with van der Waals surface area (Å²) in [6.45, 7) is 3.70. The van der Waals surface area contributed by atoms with Crippen molar-refractivity contribution in [1.29, 1.82) is 0 Å². The van der Waals surface area contributed by atoms with Crippen LogP contribution in [0.3, 0.4) is 0 Å². The van der Waals surface area contributed by atoms with Crippen LogP contribution >= 0.6 is 0 Å². The molecule has 2 atom stereocenters. The SMILES string of the molecule is CCC(=O)Nc1cccc(NC(=O)C2CCC(N)C2)c1C. The molecule has 5 nitrogen and oxygen atoms in total. The van der Waals surface area contributed by atoms with Crippen LogP contribution in [0.25, 0.3) is 0 Å². The van der Waals surface area contributed by atoms with Crippen molar-refractivity contribution in [3.05, 3.63) is 23.8 Å². The maximum absolute atomic E-state index is 12.2. The van der Waals surface area contributed by atoms with E-state index in [0.717, 1.165) is 36.2 Å². The average Bonchev–Trinajstić information content (AvgIpc) is 2.89. The minimum atomic E-state index is -0.0386. The van der Waals surface area contributed by atoms with Crippen molar-refractivity contribution in [2.24, 2.45) is 11.7 Å². The average molecular weight is 289 g/mol. The third-order valence-electron chi connectivity index (χ3n) is 4.03. The topological polar surface area (TPSA) is 84.2 Å². The number of carbonyl (C=O) groups is 2. The highest BCUT2D eigenvalue weighted by atomic mass is 16.2. The van der Waals surface area contributed by atoms with E-state index in [1.54, 1.807) is 6.92 Å². The number of nitrogens with one attached hydrogen (secondary N) is 2. The Kier molecular flexibility index (Phi) is 4.96. The van der Waals surface area contributed by atoms with Crippen LogP contribution in [0.1, 0.15) is 38.2 Å². The number of nitrogens with two attached hydrogens (primary N) is 1. The Morgan fingerprint density at radius 3 is 2.48 bits per heavy atom. The number of rotatable bonds is 4. The van der Waals surface area contributed by atoms with Crippen LogP contribution in [0.15, 0.2) is 18.2 Å². The van der Waals surface area contributed by atoms with Crippen molar-refractivity contribution in [2.75, 3.05) is 10.6 Å². The van der Waals surface area contributed by atoms with Crippen LogP contribution in [0.4, 0.5) is 11.4 Å². The van der Waals surface area contributed by atoms with Gasteiger partial charge in [-0.1, -0.05) is 13.0 Å². The minimum absolute atomic E-state index is 0.00621. The predicted octanol–water partition coefficient (Wildman–Crippen LogP) is 2.41. The van der Waals surface area contributed by atoms with Crippen molar-refractivity contribution < 1.29 is 9.59 Å². The molecule has 0 radical (unpaired) electrons. The van der Waals surface area contributed by atoms with Gasteiger partial charge in [0.25, 0.3) is 0 Å². The minimum Gasteiger partial charge on any atom is -0.328 e. The van der Waals surface area contributed by atoms with Crippen molar-refractivity contribution in [1.82, 2.24) is 0 Å². The number of benzene rings is 1. The van der Waals surface area contributed by atoms with Gasteiger partial charge < -0.3 is 16.4 Å². The Hall–Kier alpha value is -1.88. The maximum atomic E-state index is 12.2. The second-order valence-corrected chi connectivity index (χ2v) is 5.64. The Bertz CT molecular complexity index is 542. The van der Waals surface area contributed by atoms with Crippen LogP contribution in [-0.4, -0.2) is 17.9 Å². The molecule has 0 aliphatic heterocycles. The van der Waals surface area contributed by atoms with Gasteiger partial charge in [-0.3, -0.25) is 9.59 Å². The highest BCUT2D eigenvalue weighted by Crippen LogP contribution is 2.28. The molecule has 0 spiro atoms. The molecule has 4 N–H and O–H groups in total. The highest BCUT2D eigenvalue weighted by Gasteiger charge is 2.28. The van der Waals surface area contributed by atoms with Gasteiger partial charge in [0.2, 0.25) is 11.8 Å². The quantitative estimate of drug-likeness (QED) is 0.795. The third kappa shape index (κ3) is 3.82. The number of amides is 2. The van der Waals surface area contributed by atoms with E-state index in [2.05, 4.69) is 10.6 Å². The number of anilines is 2. The van der Waals surface area contributed by atoms with Crippen LogP contribution in [-0.2, 0) is 9.59 Å². The highest BCUT2D eigenvalue weighted by molar-refractivity contribution is 5.96. The molecule has 0 bridgehead atoms. The first kappa shape index (κ1) is 15.5. The summed E-state index contributed by atoms with van der Waals surface area (Å²) >= 11 is 0. The van der Waals surface area contributed by atoms with Crippen molar-refractivity contribution in [3.63, 3.8) is 0 Å². The standard InChI is InChI=1S/C16H23N3O2/c1-3-15(20)18-13-5-4-6-14(10(13)2)19-16(21)11-7-8-12(17)9-11/h4-6,11-12H,3,7-9,17H2,1-2H3,(H,18,20)(H,19,21). The summed E-state index contributed by atoms with van der Waals surface area (Å²) < 4.78 is 0. The normalized spacial score (nSPS) is 21.1. The van der Waals surface area contributed by atoms with E-state index in [1.807, 2.05) is 25.1 Å². The van der Waals surface area contributed by atoms with Crippen molar-refractivity contribution in [2.45, 2.75) is 45.6 Å². The van der Waals surface area contributed by atoms with E-state index in [4.69, 9.17) is 5.73 Å². The van der Waals surface area contributed by atoms with Crippen LogP contribution in [0, 0.1) is 12.8 Å². The van der Waals surface area contributed by atoms with Gasteiger partial charge in [0.05, 0.1) is 0 Å². The van der Waals surface area contributed by atoms with Crippen molar-refractivity contribution in [3.8, 4) is 0 Å². The lowest BCUT2D eigenvalue weighted by atomic mass is 10.1. The van der Waals surface area contributed by atoms with Gasteiger partial charge in [0, 0.05) is 29.8 Å². The molecule has 1 aromatic carbocycles. The molecule has 21 heavy (non-hydrogen) atoms. The van der Waals surface area contributed by atoms with Crippen molar-refractivity contribution >= 4 is 23.2 Å². The molecular weight excluding hydrogens is 266 g/mol. The van der Waals surface area contributed by atoms with Gasteiger partial charge in [-0.25, -0.2) is 0 Å². The van der Waals surface area contributed by atoms with Gasteiger partial charge in [-0.05, 0) is 43.9 Å². The molecule has 1 aromatic rings. The Morgan fingerprint density at radius 2 is 1.90 bits per heavy atom. The molecule has 114 valence electrons. The maximum Gasteiger partial charge on any atom is 0.227 e. The summed E-state index contributed by atoms with van der Waals surface area (Å²) in [6.07, 6.45) is 2.93. The van der Waals surface area contributed by atoms with Gasteiger partial charge in [0.1, 0.15) is 0 Å². The van der Waals surface area contributed by atoms with Crippen LogP contribution < -0.4 is 16.4 Å². The van der Waals surface area contributed by atoms with Crippen LogP contribution in [0.5, 0.6) is 0 Å².